The molecule has 1 aliphatic heterocycles. The van der Waals surface area contributed by atoms with E-state index in [0.717, 1.165) is 40.4 Å². The van der Waals surface area contributed by atoms with E-state index >= 15 is 0 Å². The molecule has 0 amide bonds. The van der Waals surface area contributed by atoms with E-state index in [-0.39, 0.29) is 5.75 Å². The minimum atomic E-state index is 0.177. The maximum Gasteiger partial charge on any atom is 0.246 e. The first kappa shape index (κ1) is 19.7. The standard InChI is InChI=1S/C23H26N4O/c1-6-10-16(15(3)4)19-21-20(17-11-8-9-12-18(17)22(19)28)25-23(26-21)24-13-14-27(5)7-2/h6,8-12,28H,1,3,7,13-14H2,2,4-5H3/b16-10+,24-23?. The van der Waals surface area contributed by atoms with Gasteiger partial charge in [0.1, 0.15) is 16.5 Å². The van der Waals surface area contributed by atoms with Gasteiger partial charge < -0.3 is 10.0 Å². The average molecular weight is 374 g/mol. The minimum Gasteiger partial charge on any atom is -0.507 e. The van der Waals surface area contributed by atoms with Crippen LogP contribution in [0.3, 0.4) is 0 Å². The van der Waals surface area contributed by atoms with Crippen LogP contribution in [0, 0.1) is 0 Å². The van der Waals surface area contributed by atoms with Crippen LogP contribution in [0.5, 0.6) is 5.75 Å². The smallest absolute Gasteiger partial charge is 0.246 e. The summed E-state index contributed by atoms with van der Waals surface area (Å²) in [5.41, 5.74) is 2.24. The topological polar surface area (TPSA) is 60.6 Å². The van der Waals surface area contributed by atoms with Gasteiger partial charge in [-0.2, -0.15) is 0 Å². The van der Waals surface area contributed by atoms with E-state index in [0.29, 0.717) is 23.4 Å². The van der Waals surface area contributed by atoms with Gasteiger partial charge in [-0.25, -0.2) is 15.0 Å². The molecule has 1 heterocycles. The Labute approximate surface area is 165 Å². The molecule has 5 heteroatoms. The van der Waals surface area contributed by atoms with Gasteiger partial charge in [0.15, 0.2) is 0 Å². The fourth-order valence-electron chi connectivity index (χ4n) is 3.20. The molecule has 2 aromatic carbocycles. The summed E-state index contributed by atoms with van der Waals surface area (Å²) in [5.74, 6) is 0.618. The number of phenols is 1. The number of fused-ring (bicyclic) bond motifs is 3. The molecule has 0 radical (unpaired) electrons. The van der Waals surface area contributed by atoms with Crippen LogP contribution in [0.2, 0.25) is 0 Å². The number of hydrogen-bond acceptors (Lipinski definition) is 3. The molecule has 0 fully saturated rings. The molecule has 0 spiro atoms. The molecule has 0 atom stereocenters. The molecule has 0 unspecified atom stereocenters. The van der Waals surface area contributed by atoms with Crippen LogP contribution in [0.4, 0.5) is 0 Å². The maximum absolute atomic E-state index is 11.1. The van der Waals surface area contributed by atoms with Gasteiger partial charge in [-0.05, 0) is 26.1 Å². The lowest BCUT2D eigenvalue weighted by Gasteiger charge is -2.12. The summed E-state index contributed by atoms with van der Waals surface area (Å²) in [4.78, 5) is 16.1. The fraction of sp³-hybridized carbons (Fsp3) is 0.261. The van der Waals surface area contributed by atoms with Crippen LogP contribution in [-0.4, -0.2) is 42.6 Å². The number of hydrogen-bond donors (Lipinski definition) is 1. The van der Waals surface area contributed by atoms with Crippen molar-refractivity contribution in [2.24, 2.45) is 15.0 Å². The van der Waals surface area contributed by atoms with Gasteiger partial charge >= 0.3 is 0 Å². The first-order valence-electron chi connectivity index (χ1n) is 9.41. The second kappa shape index (κ2) is 8.31. The predicted octanol–water partition coefficient (Wildman–Crippen LogP) is 3.25. The molecule has 1 aliphatic rings. The number of aromatic hydroxyl groups is 1. The number of likely N-dealkylation sites (N-methyl/N-ethyl adjacent to an activating group) is 1. The molecule has 28 heavy (non-hydrogen) atoms. The number of nitrogens with zero attached hydrogens (tertiary/aromatic N) is 4. The first-order chi connectivity index (χ1) is 13.5. The molecule has 144 valence electrons. The Kier molecular flexibility index (Phi) is 5.85. The van der Waals surface area contributed by atoms with E-state index in [1.165, 1.54) is 0 Å². The van der Waals surface area contributed by atoms with E-state index in [4.69, 9.17) is 0 Å². The van der Waals surface area contributed by atoms with Crippen molar-refractivity contribution < 1.29 is 5.11 Å². The van der Waals surface area contributed by atoms with Crippen LogP contribution in [0.15, 0.2) is 70.1 Å². The zero-order valence-corrected chi connectivity index (χ0v) is 16.7. The second-order valence-corrected chi connectivity index (χ2v) is 6.86. The van der Waals surface area contributed by atoms with Crippen LogP contribution >= 0.6 is 0 Å². The molecular weight excluding hydrogens is 348 g/mol. The van der Waals surface area contributed by atoms with Gasteiger partial charge in [-0.15, -0.1) is 0 Å². The molecule has 2 aromatic rings. The number of rotatable bonds is 7. The van der Waals surface area contributed by atoms with E-state index in [9.17, 15) is 5.11 Å². The molecule has 3 rings (SSSR count). The van der Waals surface area contributed by atoms with Crippen molar-refractivity contribution in [3.8, 4) is 5.75 Å². The fourth-order valence-corrected chi connectivity index (χ4v) is 3.20. The van der Waals surface area contributed by atoms with Crippen molar-refractivity contribution in [1.29, 1.82) is 0 Å². The summed E-state index contributed by atoms with van der Waals surface area (Å²) in [5, 5.41) is 14.0. The predicted molar refractivity (Wildman–Crippen MR) is 116 cm³/mol. The van der Waals surface area contributed by atoms with Crippen molar-refractivity contribution in [3.05, 3.63) is 71.4 Å². The zero-order chi connectivity index (χ0) is 20.3. The van der Waals surface area contributed by atoms with Gasteiger partial charge in [0.2, 0.25) is 5.96 Å². The third-order valence-electron chi connectivity index (χ3n) is 4.85. The molecule has 0 aromatic heterocycles. The highest BCUT2D eigenvalue weighted by Crippen LogP contribution is 2.32. The normalized spacial score (nSPS) is 14.9. The Morgan fingerprint density at radius 2 is 1.89 bits per heavy atom. The summed E-state index contributed by atoms with van der Waals surface area (Å²) < 4.78 is 0. The Morgan fingerprint density at radius 1 is 1.21 bits per heavy atom. The van der Waals surface area contributed by atoms with Gasteiger partial charge in [-0.1, -0.05) is 62.1 Å². The van der Waals surface area contributed by atoms with Crippen molar-refractivity contribution in [3.63, 3.8) is 0 Å². The third kappa shape index (κ3) is 3.66. The molecule has 0 aliphatic carbocycles. The van der Waals surface area contributed by atoms with Gasteiger partial charge in [0.25, 0.3) is 0 Å². The SMILES string of the molecule is C=C/C=C(\C(=C)C)c1c(O)c2ccccc2c2c1=NC(=NCCN(C)CC)N=2. The number of aliphatic imine (C=N–C) groups is 1. The zero-order valence-electron chi connectivity index (χ0n) is 16.7. The Bertz CT molecular complexity index is 1130. The highest BCUT2D eigenvalue weighted by atomic mass is 16.3. The van der Waals surface area contributed by atoms with Crippen molar-refractivity contribution >= 4 is 22.3 Å². The molecule has 5 nitrogen and oxygen atoms in total. The minimum absolute atomic E-state index is 0.177. The van der Waals surface area contributed by atoms with Crippen molar-refractivity contribution in [1.82, 2.24) is 4.90 Å². The first-order valence-corrected chi connectivity index (χ1v) is 9.41. The lowest BCUT2D eigenvalue weighted by molar-refractivity contribution is 0.363. The second-order valence-electron chi connectivity index (χ2n) is 6.86. The lowest BCUT2D eigenvalue weighted by atomic mass is 9.94. The van der Waals surface area contributed by atoms with Crippen LogP contribution < -0.4 is 10.7 Å². The number of guanidine groups is 1. The Morgan fingerprint density at radius 3 is 2.54 bits per heavy atom. The highest BCUT2D eigenvalue weighted by molar-refractivity contribution is 5.97. The van der Waals surface area contributed by atoms with Crippen LogP contribution in [0.25, 0.3) is 16.3 Å². The lowest BCUT2D eigenvalue weighted by Crippen LogP contribution is -2.27. The largest absolute Gasteiger partial charge is 0.507 e. The van der Waals surface area contributed by atoms with Crippen LogP contribution in [0.1, 0.15) is 19.4 Å². The van der Waals surface area contributed by atoms with E-state index in [1.807, 2.05) is 37.3 Å². The van der Waals surface area contributed by atoms with Crippen LogP contribution in [-0.2, 0) is 0 Å². The van der Waals surface area contributed by atoms with E-state index < -0.39 is 0 Å². The van der Waals surface area contributed by atoms with Gasteiger partial charge in [0.05, 0.1) is 12.1 Å². The van der Waals surface area contributed by atoms with Gasteiger partial charge in [-0.3, -0.25) is 0 Å². The summed E-state index contributed by atoms with van der Waals surface area (Å²) in [6.45, 7) is 14.3. The molecule has 0 saturated heterocycles. The summed E-state index contributed by atoms with van der Waals surface area (Å²) in [6, 6.07) is 7.67. The van der Waals surface area contributed by atoms with Gasteiger partial charge in [0, 0.05) is 17.3 Å². The summed E-state index contributed by atoms with van der Waals surface area (Å²) in [6.07, 6.45) is 3.53. The average Bonchev–Trinajstić information content (AvgIpc) is 3.11. The van der Waals surface area contributed by atoms with E-state index in [1.54, 1.807) is 6.08 Å². The Hall–Kier alpha value is -3.05. The number of allylic oxidation sites excluding steroid dienone is 4. The molecular formula is C23H26N4O. The summed E-state index contributed by atoms with van der Waals surface area (Å²) in [7, 11) is 2.06. The van der Waals surface area contributed by atoms with Crippen molar-refractivity contribution in [2.45, 2.75) is 13.8 Å². The Balaban J connectivity index is 2.26. The number of phenolic OH excluding ortho intramolecular Hbond substituents is 1. The number of benzene rings is 2. The van der Waals surface area contributed by atoms with E-state index in [2.05, 4.69) is 47.0 Å². The monoisotopic (exact) mass is 374 g/mol. The summed E-state index contributed by atoms with van der Waals surface area (Å²) >= 11 is 0. The molecule has 0 bridgehead atoms. The molecule has 1 N–H and O–H groups in total. The third-order valence-corrected chi connectivity index (χ3v) is 4.85. The quantitative estimate of drug-likeness (QED) is 0.756. The molecule has 0 saturated carbocycles. The highest BCUT2D eigenvalue weighted by Gasteiger charge is 2.20. The van der Waals surface area contributed by atoms with Crippen molar-refractivity contribution in [2.75, 3.05) is 26.7 Å². The maximum atomic E-state index is 11.1.